The molecule has 6 nitrogen and oxygen atoms in total. The number of nitrogens with zero attached hydrogens (tertiary/aromatic N) is 5. The Labute approximate surface area is 207 Å². The number of hydrogen-bond donors (Lipinski definition) is 1. The average molecular weight is 503 g/mol. The number of amidine groups is 1. The summed E-state index contributed by atoms with van der Waals surface area (Å²) < 4.78 is 40.7. The molecule has 0 amide bonds. The third-order valence-corrected chi connectivity index (χ3v) is 8.09. The van der Waals surface area contributed by atoms with Crippen LogP contribution in [0, 0.1) is 5.92 Å². The molecule has 2 fully saturated rings. The number of benzene rings is 1. The zero-order chi connectivity index (χ0) is 24.6. The maximum Gasteiger partial charge on any atom is 0.418 e. The van der Waals surface area contributed by atoms with Crippen LogP contribution < -0.4 is 20.9 Å². The quantitative estimate of drug-likeness (QED) is 0.635. The first-order valence-corrected chi connectivity index (χ1v) is 12.8. The fourth-order valence-electron chi connectivity index (χ4n) is 5.24. The molecule has 10 heteroatoms. The zero-order valence-corrected chi connectivity index (χ0v) is 20.4. The highest BCUT2D eigenvalue weighted by Gasteiger charge is 2.44. The van der Waals surface area contributed by atoms with E-state index in [1.54, 1.807) is 30.1 Å². The number of hydrogen-bond acceptors (Lipinski definition) is 7. The predicted molar refractivity (Wildman–Crippen MR) is 135 cm³/mol. The van der Waals surface area contributed by atoms with Gasteiger partial charge in [0.1, 0.15) is 5.82 Å². The number of pyridine rings is 1. The van der Waals surface area contributed by atoms with E-state index < -0.39 is 11.7 Å². The smallest absolute Gasteiger partial charge is 0.366 e. The molecule has 0 saturated carbocycles. The van der Waals surface area contributed by atoms with Gasteiger partial charge in [-0.1, -0.05) is 30.5 Å². The van der Waals surface area contributed by atoms with E-state index in [4.69, 9.17) is 0 Å². The lowest BCUT2D eigenvalue weighted by Crippen LogP contribution is -2.36. The molecule has 5 rings (SSSR count). The summed E-state index contributed by atoms with van der Waals surface area (Å²) in [6, 6.07) is 9.97. The van der Waals surface area contributed by atoms with E-state index in [1.807, 2.05) is 29.0 Å². The van der Waals surface area contributed by atoms with Crippen LogP contribution in [-0.4, -0.2) is 65.0 Å². The number of para-hydroxylation sites is 1. The number of rotatable bonds is 5. The molecule has 2 saturated heterocycles. The fraction of sp³-hybridized carbons (Fsp3) is 0.440. The summed E-state index contributed by atoms with van der Waals surface area (Å²) in [5, 5.41) is 7.04. The van der Waals surface area contributed by atoms with E-state index in [0.29, 0.717) is 18.2 Å². The van der Waals surface area contributed by atoms with Crippen molar-refractivity contribution in [2.45, 2.75) is 25.1 Å². The predicted octanol–water partition coefficient (Wildman–Crippen LogP) is 2.72. The number of thioether (sulfide) groups is 1. The minimum atomic E-state index is -4.33. The number of alkyl halides is 3. The molecule has 2 atom stereocenters. The number of likely N-dealkylation sites (tertiary alicyclic amines) is 1. The van der Waals surface area contributed by atoms with E-state index in [-0.39, 0.29) is 6.04 Å². The molecule has 35 heavy (non-hydrogen) atoms. The molecule has 3 aliphatic rings. The van der Waals surface area contributed by atoms with Gasteiger partial charge in [0.05, 0.1) is 10.9 Å². The highest BCUT2D eigenvalue weighted by molar-refractivity contribution is 8.13. The van der Waals surface area contributed by atoms with Gasteiger partial charge in [0.15, 0.2) is 5.17 Å². The van der Waals surface area contributed by atoms with Crippen molar-refractivity contribution in [2.24, 2.45) is 11.0 Å². The summed E-state index contributed by atoms with van der Waals surface area (Å²) in [4.78, 5) is 10.7. The summed E-state index contributed by atoms with van der Waals surface area (Å²) in [5.74, 6) is 2.24. The number of halogens is 3. The fourth-order valence-corrected chi connectivity index (χ4v) is 6.10. The normalized spacial score (nSPS) is 24.1. The number of fused-ring (bicyclic) bond motifs is 1. The molecule has 1 N–H and O–H groups in total. The number of nitrogens with one attached hydrogen (secondary N) is 1. The second kappa shape index (κ2) is 9.73. The Morgan fingerprint density at radius 1 is 1.17 bits per heavy atom. The second-order valence-electron chi connectivity index (χ2n) is 9.24. The molecule has 3 aliphatic heterocycles. The lowest BCUT2D eigenvalue weighted by Gasteiger charge is -2.29. The van der Waals surface area contributed by atoms with Gasteiger partial charge in [-0.3, -0.25) is 10.4 Å². The van der Waals surface area contributed by atoms with Crippen molar-refractivity contribution in [1.82, 2.24) is 20.2 Å². The summed E-state index contributed by atoms with van der Waals surface area (Å²) >= 11 is 1.70. The van der Waals surface area contributed by atoms with Crippen molar-refractivity contribution in [3.8, 4) is 0 Å². The largest absolute Gasteiger partial charge is 0.418 e. The van der Waals surface area contributed by atoms with Crippen molar-refractivity contribution in [3.63, 3.8) is 0 Å². The summed E-state index contributed by atoms with van der Waals surface area (Å²) in [7, 11) is 1.98. The molecule has 0 aliphatic carbocycles. The molecular weight excluding hydrogens is 473 g/mol. The zero-order valence-electron chi connectivity index (χ0n) is 19.6. The Kier molecular flexibility index (Phi) is 6.67. The van der Waals surface area contributed by atoms with Gasteiger partial charge in [0, 0.05) is 55.6 Å². The van der Waals surface area contributed by atoms with Crippen LogP contribution >= 0.6 is 11.8 Å². The third kappa shape index (κ3) is 4.99. The molecule has 0 spiro atoms. The van der Waals surface area contributed by atoms with Gasteiger partial charge in [0.25, 0.3) is 0 Å². The van der Waals surface area contributed by atoms with Gasteiger partial charge in [-0.05, 0) is 49.6 Å². The van der Waals surface area contributed by atoms with Gasteiger partial charge < -0.3 is 14.7 Å². The summed E-state index contributed by atoms with van der Waals surface area (Å²) in [5.41, 5.74) is 2.89. The maximum atomic E-state index is 13.6. The van der Waals surface area contributed by atoms with Crippen LogP contribution in [0.2, 0.25) is 0 Å². The minimum absolute atomic E-state index is 0.149. The van der Waals surface area contributed by atoms with Crippen LogP contribution in [0.25, 0.3) is 12.4 Å². The van der Waals surface area contributed by atoms with E-state index in [1.165, 1.54) is 12.1 Å². The molecule has 2 aromatic rings. The van der Waals surface area contributed by atoms with Crippen molar-refractivity contribution in [3.05, 3.63) is 58.7 Å². The Hall–Kier alpha value is -2.72. The molecule has 1 aromatic heterocycles. The third-order valence-electron chi connectivity index (χ3n) is 6.97. The van der Waals surface area contributed by atoms with Crippen LogP contribution in [-0.2, 0) is 6.18 Å². The summed E-state index contributed by atoms with van der Waals surface area (Å²) in [6.07, 6.45) is -0.619. The Morgan fingerprint density at radius 2 is 2.00 bits per heavy atom. The highest BCUT2D eigenvalue weighted by Crippen LogP contribution is 2.41. The molecule has 0 bridgehead atoms. The molecule has 186 valence electrons. The molecule has 1 aromatic carbocycles. The number of anilines is 1. The number of aromatic nitrogens is 1. The maximum absolute atomic E-state index is 13.6. The van der Waals surface area contributed by atoms with Crippen molar-refractivity contribution >= 4 is 35.0 Å². The Bertz CT molecular complexity index is 1190. The first-order valence-electron chi connectivity index (χ1n) is 11.8. The molecular formula is C25H29F3N6S. The Balaban J connectivity index is 1.13. The van der Waals surface area contributed by atoms with Crippen LogP contribution in [0.3, 0.4) is 0 Å². The van der Waals surface area contributed by atoms with Crippen LogP contribution in [0.1, 0.15) is 18.4 Å². The molecule has 2 unspecified atom stereocenters. The highest BCUT2D eigenvalue weighted by atomic mass is 32.2. The van der Waals surface area contributed by atoms with Crippen LogP contribution in [0.15, 0.2) is 47.7 Å². The second-order valence-corrected chi connectivity index (χ2v) is 10.3. The van der Waals surface area contributed by atoms with E-state index >= 15 is 0 Å². The monoisotopic (exact) mass is 502 g/mol. The first kappa shape index (κ1) is 24.0. The van der Waals surface area contributed by atoms with E-state index in [2.05, 4.69) is 27.0 Å². The topological polar surface area (TPSA) is 47.0 Å². The van der Waals surface area contributed by atoms with Gasteiger partial charge >= 0.3 is 6.18 Å². The van der Waals surface area contributed by atoms with Gasteiger partial charge in [-0.2, -0.15) is 13.2 Å². The SMILES string of the molecule is C=c1ccc(=C2NN=C(SCCCN3CC4CCN(c5ccccc5C(F)(F)F)C4C3)N2C)cn1. The van der Waals surface area contributed by atoms with Gasteiger partial charge in [-0.25, -0.2) is 0 Å². The average Bonchev–Trinajstić information content (AvgIpc) is 3.51. The lowest BCUT2D eigenvalue weighted by molar-refractivity contribution is -0.137. The first-order chi connectivity index (χ1) is 16.8. The van der Waals surface area contributed by atoms with E-state index in [9.17, 15) is 13.2 Å². The molecule has 0 radical (unpaired) electrons. The molecule has 4 heterocycles. The van der Waals surface area contributed by atoms with Gasteiger partial charge in [-0.15, -0.1) is 5.10 Å². The standard InChI is InChI=1S/C25H29F3N6S/c1-17-8-9-18(14-29-17)23-30-31-24(32(23)2)35-13-5-11-33-15-19-10-12-34(22(19)16-33)21-7-4-3-6-20(21)25(26,27)28/h3-4,6-9,14,19,22,30H,1,5,10-13,15-16H2,2H3. The van der Waals surface area contributed by atoms with Crippen molar-refractivity contribution in [1.29, 1.82) is 0 Å². The van der Waals surface area contributed by atoms with Crippen LogP contribution in [0.4, 0.5) is 18.9 Å². The number of hydrazone groups is 1. The van der Waals surface area contributed by atoms with Crippen LogP contribution in [0.5, 0.6) is 0 Å². The lowest BCUT2D eigenvalue weighted by atomic mass is 10.0. The van der Waals surface area contributed by atoms with E-state index in [0.717, 1.165) is 59.8 Å². The van der Waals surface area contributed by atoms with Crippen molar-refractivity contribution < 1.29 is 13.2 Å². The minimum Gasteiger partial charge on any atom is -0.366 e. The summed E-state index contributed by atoms with van der Waals surface area (Å²) in [6.45, 7) is 7.21. The van der Waals surface area contributed by atoms with Crippen molar-refractivity contribution in [2.75, 3.05) is 43.9 Å². The Morgan fingerprint density at radius 3 is 2.77 bits per heavy atom. The van der Waals surface area contributed by atoms with Gasteiger partial charge in [0.2, 0.25) is 0 Å².